The molecule has 1 aromatic carbocycles. The molecule has 0 fully saturated rings. The Labute approximate surface area is 113 Å². The van der Waals surface area contributed by atoms with Gasteiger partial charge in [0.2, 0.25) is 0 Å². The third-order valence-electron chi connectivity index (χ3n) is 2.48. The number of methoxy groups -OCH3 is 1. The van der Waals surface area contributed by atoms with Crippen molar-refractivity contribution >= 4 is 5.69 Å². The Morgan fingerprint density at radius 3 is 2.74 bits per heavy atom. The molecule has 0 heterocycles. The van der Waals surface area contributed by atoms with Crippen molar-refractivity contribution in [3.05, 3.63) is 23.8 Å². The minimum absolute atomic E-state index is 0.0964. The van der Waals surface area contributed by atoms with Gasteiger partial charge >= 0.3 is 0 Å². The van der Waals surface area contributed by atoms with Crippen molar-refractivity contribution < 1.29 is 14.6 Å². The van der Waals surface area contributed by atoms with Crippen LogP contribution in [-0.4, -0.2) is 37.6 Å². The summed E-state index contributed by atoms with van der Waals surface area (Å²) in [7, 11) is 1.54. The number of hydrogen-bond donors (Lipinski definition) is 2. The minimum atomic E-state index is -0.595. The Morgan fingerprint density at radius 1 is 1.42 bits per heavy atom. The van der Waals surface area contributed by atoms with Crippen LogP contribution in [0.1, 0.15) is 19.4 Å². The van der Waals surface area contributed by atoms with Crippen molar-refractivity contribution in [3.63, 3.8) is 0 Å². The van der Waals surface area contributed by atoms with Gasteiger partial charge in [0.1, 0.15) is 5.75 Å². The van der Waals surface area contributed by atoms with E-state index < -0.39 is 6.10 Å². The van der Waals surface area contributed by atoms with E-state index in [0.717, 1.165) is 5.69 Å². The molecule has 19 heavy (non-hydrogen) atoms. The van der Waals surface area contributed by atoms with Crippen LogP contribution >= 0.6 is 0 Å². The summed E-state index contributed by atoms with van der Waals surface area (Å²) in [6.07, 6.45) is -0.498. The molecule has 1 unspecified atom stereocenters. The first-order valence-corrected chi connectivity index (χ1v) is 6.18. The van der Waals surface area contributed by atoms with Gasteiger partial charge < -0.3 is 19.9 Å². The molecule has 0 amide bonds. The lowest BCUT2D eigenvalue weighted by atomic mass is 10.2. The molecule has 1 atom stereocenters. The van der Waals surface area contributed by atoms with Crippen molar-refractivity contribution in [1.29, 1.82) is 5.26 Å². The average Bonchev–Trinajstić information content (AvgIpc) is 2.42. The smallest absolute Gasteiger partial charge is 0.143 e. The maximum atomic E-state index is 9.74. The second-order valence-electron chi connectivity index (χ2n) is 4.44. The summed E-state index contributed by atoms with van der Waals surface area (Å²) in [5, 5.41) is 21.6. The molecule has 104 valence electrons. The second-order valence-corrected chi connectivity index (χ2v) is 4.44. The molecular weight excluding hydrogens is 244 g/mol. The number of nitrogens with zero attached hydrogens (tertiary/aromatic N) is 1. The van der Waals surface area contributed by atoms with Gasteiger partial charge in [-0.3, -0.25) is 0 Å². The van der Waals surface area contributed by atoms with Crippen molar-refractivity contribution in [2.75, 3.05) is 25.6 Å². The number of aliphatic hydroxyl groups is 1. The van der Waals surface area contributed by atoms with Gasteiger partial charge in [-0.15, -0.1) is 0 Å². The Bertz CT molecular complexity index is 441. The van der Waals surface area contributed by atoms with E-state index in [-0.39, 0.29) is 12.7 Å². The molecule has 5 heteroatoms. The lowest BCUT2D eigenvalue weighted by Gasteiger charge is -2.16. The van der Waals surface area contributed by atoms with Crippen LogP contribution in [-0.2, 0) is 4.74 Å². The number of nitrogens with one attached hydrogen (secondary N) is 1. The number of rotatable bonds is 7. The van der Waals surface area contributed by atoms with Crippen LogP contribution in [0.3, 0.4) is 0 Å². The normalized spacial score (nSPS) is 12.0. The lowest BCUT2D eigenvalue weighted by Crippen LogP contribution is -2.26. The van der Waals surface area contributed by atoms with Gasteiger partial charge in [-0.05, 0) is 26.0 Å². The zero-order chi connectivity index (χ0) is 14.3. The molecular formula is C14H20N2O3. The molecule has 0 saturated heterocycles. The number of anilines is 1. The average molecular weight is 264 g/mol. The molecule has 0 aliphatic heterocycles. The third kappa shape index (κ3) is 5.16. The number of ether oxygens (including phenoxy) is 2. The standard InChI is InChI=1S/C14H20N2O3/c1-10(2)19-9-12(17)8-16-13-5-4-11(7-15)6-14(13)18-3/h4-6,10,12,16-17H,8-9H2,1-3H3. The minimum Gasteiger partial charge on any atom is -0.495 e. The molecule has 5 nitrogen and oxygen atoms in total. The van der Waals surface area contributed by atoms with Gasteiger partial charge in [0.05, 0.1) is 43.2 Å². The van der Waals surface area contributed by atoms with Crippen LogP contribution in [0.2, 0.25) is 0 Å². The van der Waals surface area contributed by atoms with E-state index in [1.165, 1.54) is 0 Å². The number of aliphatic hydroxyl groups excluding tert-OH is 1. The van der Waals surface area contributed by atoms with Gasteiger partial charge in [-0.25, -0.2) is 0 Å². The molecule has 0 bridgehead atoms. The predicted octanol–water partition coefficient (Wildman–Crippen LogP) is 1.76. The fourth-order valence-corrected chi connectivity index (χ4v) is 1.50. The maximum Gasteiger partial charge on any atom is 0.143 e. The first kappa shape index (κ1) is 15.3. The maximum absolute atomic E-state index is 9.74. The zero-order valence-corrected chi connectivity index (χ0v) is 11.5. The molecule has 1 rings (SSSR count). The summed E-state index contributed by atoms with van der Waals surface area (Å²) in [5.41, 5.74) is 1.27. The predicted molar refractivity (Wildman–Crippen MR) is 73.3 cm³/mol. The summed E-state index contributed by atoms with van der Waals surface area (Å²) in [5.74, 6) is 0.580. The molecule has 0 spiro atoms. The monoisotopic (exact) mass is 264 g/mol. The molecule has 0 aliphatic rings. The van der Waals surface area contributed by atoms with E-state index in [2.05, 4.69) is 5.32 Å². The van der Waals surface area contributed by atoms with E-state index in [1.54, 1.807) is 25.3 Å². The van der Waals surface area contributed by atoms with Gasteiger partial charge in [0, 0.05) is 12.6 Å². The summed E-state index contributed by atoms with van der Waals surface area (Å²) < 4.78 is 10.5. The van der Waals surface area contributed by atoms with Crippen LogP contribution in [0.15, 0.2) is 18.2 Å². The van der Waals surface area contributed by atoms with Gasteiger partial charge in [0.25, 0.3) is 0 Å². The highest BCUT2D eigenvalue weighted by atomic mass is 16.5. The second kappa shape index (κ2) is 7.62. The van der Waals surface area contributed by atoms with Gasteiger partial charge in [-0.2, -0.15) is 5.26 Å². The Kier molecular flexibility index (Phi) is 6.13. The number of hydrogen-bond acceptors (Lipinski definition) is 5. The van der Waals surface area contributed by atoms with Crippen molar-refractivity contribution in [3.8, 4) is 11.8 Å². The largest absolute Gasteiger partial charge is 0.495 e. The highest BCUT2D eigenvalue weighted by Crippen LogP contribution is 2.25. The summed E-state index contributed by atoms with van der Waals surface area (Å²) in [6.45, 7) is 4.48. The van der Waals surface area contributed by atoms with Crippen LogP contribution in [0.4, 0.5) is 5.69 Å². The molecule has 0 radical (unpaired) electrons. The van der Waals surface area contributed by atoms with E-state index in [0.29, 0.717) is 17.9 Å². The Hall–Kier alpha value is -1.77. The van der Waals surface area contributed by atoms with Crippen LogP contribution in [0, 0.1) is 11.3 Å². The van der Waals surface area contributed by atoms with E-state index in [1.807, 2.05) is 19.9 Å². The molecule has 0 aliphatic carbocycles. The molecule has 0 saturated carbocycles. The van der Waals surface area contributed by atoms with Crippen molar-refractivity contribution in [2.45, 2.75) is 26.1 Å². The first-order chi connectivity index (χ1) is 9.06. The Morgan fingerprint density at radius 2 is 2.16 bits per heavy atom. The van der Waals surface area contributed by atoms with E-state index in [9.17, 15) is 5.11 Å². The summed E-state index contributed by atoms with van der Waals surface area (Å²) >= 11 is 0. The van der Waals surface area contributed by atoms with Gasteiger partial charge in [-0.1, -0.05) is 0 Å². The number of nitriles is 1. The van der Waals surface area contributed by atoms with Gasteiger partial charge in [0.15, 0.2) is 0 Å². The highest BCUT2D eigenvalue weighted by molar-refractivity contribution is 5.59. The van der Waals surface area contributed by atoms with Crippen LogP contribution < -0.4 is 10.1 Å². The van der Waals surface area contributed by atoms with Crippen molar-refractivity contribution in [1.82, 2.24) is 0 Å². The highest BCUT2D eigenvalue weighted by Gasteiger charge is 2.08. The number of benzene rings is 1. The SMILES string of the molecule is COc1cc(C#N)ccc1NCC(O)COC(C)C. The van der Waals surface area contributed by atoms with E-state index >= 15 is 0 Å². The first-order valence-electron chi connectivity index (χ1n) is 6.18. The van der Waals surface area contributed by atoms with Crippen LogP contribution in [0.25, 0.3) is 0 Å². The summed E-state index contributed by atoms with van der Waals surface area (Å²) in [6, 6.07) is 7.16. The fourth-order valence-electron chi connectivity index (χ4n) is 1.50. The Balaban J connectivity index is 2.55. The molecule has 0 aromatic heterocycles. The third-order valence-corrected chi connectivity index (χ3v) is 2.48. The molecule has 1 aromatic rings. The van der Waals surface area contributed by atoms with E-state index in [4.69, 9.17) is 14.7 Å². The lowest BCUT2D eigenvalue weighted by molar-refractivity contribution is 0.0112. The van der Waals surface area contributed by atoms with Crippen molar-refractivity contribution in [2.24, 2.45) is 0 Å². The van der Waals surface area contributed by atoms with Crippen LogP contribution in [0.5, 0.6) is 5.75 Å². The summed E-state index contributed by atoms with van der Waals surface area (Å²) in [4.78, 5) is 0. The fraction of sp³-hybridized carbons (Fsp3) is 0.500. The quantitative estimate of drug-likeness (QED) is 0.785. The topological polar surface area (TPSA) is 74.5 Å². The molecule has 2 N–H and O–H groups in total. The zero-order valence-electron chi connectivity index (χ0n) is 11.5.